The molecule has 0 radical (unpaired) electrons. The highest BCUT2D eigenvalue weighted by Crippen LogP contribution is 2.18. The first-order chi connectivity index (χ1) is 6.97. The van der Waals surface area contributed by atoms with Gasteiger partial charge in [0.05, 0.1) is 5.16 Å². The molecule has 0 spiro atoms. The van der Waals surface area contributed by atoms with E-state index < -0.39 is 0 Å². The van der Waals surface area contributed by atoms with Crippen molar-refractivity contribution in [1.82, 2.24) is 0 Å². The number of nitrogens with zero attached hydrogens (tertiary/aromatic N) is 1. The number of rotatable bonds is 1. The van der Waals surface area contributed by atoms with E-state index in [1.807, 2.05) is 22.6 Å². The number of isothiocyanates is 1. The van der Waals surface area contributed by atoms with Crippen LogP contribution < -0.4 is 0 Å². The van der Waals surface area contributed by atoms with Crippen molar-refractivity contribution in [3.05, 3.63) is 27.6 Å². The molecule has 0 unspecified atom stereocenters. The monoisotopic (exact) mass is 393 g/mol. The van der Waals surface area contributed by atoms with Gasteiger partial charge in [-0.15, -0.1) is 0 Å². The van der Waals surface area contributed by atoms with Crippen molar-refractivity contribution >= 4 is 84.9 Å². The maximum atomic E-state index is 12.9. The molecule has 15 heavy (non-hydrogen) atoms. The van der Waals surface area contributed by atoms with Gasteiger partial charge in [-0.1, -0.05) is 35.4 Å². The van der Waals surface area contributed by atoms with Gasteiger partial charge in [-0.3, -0.25) is 0 Å². The molecule has 1 rings (SSSR count). The lowest BCUT2D eigenvalue weighted by Crippen LogP contribution is -1.76. The summed E-state index contributed by atoms with van der Waals surface area (Å²) < 4.78 is 13.6. The molecule has 0 amide bonds. The molecule has 0 saturated heterocycles. The summed E-state index contributed by atoms with van der Waals surface area (Å²) in [5, 5.41) is 2.11. The van der Waals surface area contributed by atoms with Crippen molar-refractivity contribution in [2.75, 3.05) is 0 Å². The van der Waals surface area contributed by atoms with E-state index in [-0.39, 0.29) is 15.3 Å². The third-order valence-corrected chi connectivity index (χ3v) is 1.84. The third kappa shape index (κ3) is 8.19. The molecular weight excluding hydrogens is 391 g/mol. The lowest BCUT2D eigenvalue weighted by Gasteiger charge is -1.93. The van der Waals surface area contributed by atoms with Crippen LogP contribution in [0.5, 0.6) is 0 Å². The van der Waals surface area contributed by atoms with Gasteiger partial charge in [0.25, 0.3) is 0 Å². The van der Waals surface area contributed by atoms with Crippen LogP contribution in [0.4, 0.5) is 10.1 Å². The molecule has 0 aliphatic carbocycles. The predicted molar refractivity (Wildman–Crippen MR) is 78.1 cm³/mol. The summed E-state index contributed by atoms with van der Waals surface area (Å²) in [5.74, 6) is -0.366. The number of halogens is 4. The van der Waals surface area contributed by atoms with Crippen LogP contribution in [0, 0.1) is 9.39 Å². The molecule has 0 fully saturated rings. The summed E-state index contributed by atoms with van der Waals surface area (Å²) in [6, 6.07) is 4.72. The summed E-state index contributed by atoms with van der Waals surface area (Å²) in [4.78, 5) is 3.53. The molecule has 0 heterocycles. The third-order valence-electron chi connectivity index (χ3n) is 1.08. The fourth-order valence-corrected chi connectivity index (χ4v) is 1.17. The highest BCUT2D eigenvalue weighted by atomic mass is 127. The van der Waals surface area contributed by atoms with Crippen molar-refractivity contribution in [3.8, 4) is 0 Å². The first-order valence-corrected chi connectivity index (χ1v) is 6.00. The van der Waals surface area contributed by atoms with Gasteiger partial charge in [-0.05, 0) is 53.0 Å². The minimum absolute atomic E-state index is 0.0556. The molecule has 1 aromatic carbocycles. The normalized spacial score (nSPS) is 8.27. The highest BCUT2D eigenvalue weighted by Gasteiger charge is 1.98. The van der Waals surface area contributed by atoms with Gasteiger partial charge in [0.2, 0.25) is 0 Å². The average Bonchev–Trinajstić information content (AvgIpc) is 2.09. The van der Waals surface area contributed by atoms with Crippen LogP contribution in [0.2, 0.25) is 0 Å². The Morgan fingerprint density at radius 1 is 1.47 bits per heavy atom. The predicted octanol–water partition coefficient (Wildman–Crippen LogP) is 4.91. The van der Waals surface area contributed by atoms with E-state index in [0.29, 0.717) is 0 Å². The van der Waals surface area contributed by atoms with Gasteiger partial charge >= 0.3 is 0 Å². The summed E-state index contributed by atoms with van der Waals surface area (Å²) >= 11 is 20.0. The van der Waals surface area contributed by atoms with E-state index in [9.17, 15) is 4.39 Å². The number of aliphatic imine (C=N–C) groups is 1. The topological polar surface area (TPSA) is 12.4 Å². The Morgan fingerprint density at radius 2 is 2.00 bits per heavy atom. The summed E-state index contributed by atoms with van der Waals surface area (Å²) in [6.45, 7) is 0. The maximum absolute atomic E-state index is 12.9. The quantitative estimate of drug-likeness (QED) is 0.291. The van der Waals surface area contributed by atoms with Crippen molar-refractivity contribution in [2.24, 2.45) is 4.99 Å². The van der Waals surface area contributed by atoms with Crippen LogP contribution in [0.3, 0.4) is 0 Å². The first-order valence-electron chi connectivity index (χ1n) is 3.35. The number of benzene rings is 1. The fraction of sp³-hybridized carbons (Fsp3) is 0. The Balaban J connectivity index is 0.000000423. The second-order valence-corrected chi connectivity index (χ2v) is 5.26. The molecule has 0 N–H and O–H groups in total. The van der Waals surface area contributed by atoms with Crippen LogP contribution in [-0.2, 0) is 0 Å². The molecule has 1 nitrogen and oxygen atoms in total. The van der Waals surface area contributed by atoms with Gasteiger partial charge < -0.3 is 0 Å². The summed E-state index contributed by atoms with van der Waals surface area (Å²) in [6.07, 6.45) is 0. The first kappa shape index (κ1) is 15.3. The second-order valence-electron chi connectivity index (χ2n) is 2.02. The lowest BCUT2D eigenvalue weighted by molar-refractivity contribution is 0.629. The molecule has 0 saturated carbocycles. The number of hydrogen-bond acceptors (Lipinski definition) is 3. The van der Waals surface area contributed by atoms with Gasteiger partial charge in [0.1, 0.15) is 5.69 Å². The molecule has 0 aliphatic rings. The van der Waals surface area contributed by atoms with Crippen molar-refractivity contribution in [1.29, 1.82) is 0 Å². The van der Waals surface area contributed by atoms with Gasteiger partial charge in [-0.2, -0.15) is 4.99 Å². The Hall–Kier alpha value is 0.350. The summed E-state index contributed by atoms with van der Waals surface area (Å²) in [7, 11) is 0. The van der Waals surface area contributed by atoms with Crippen LogP contribution in [0.1, 0.15) is 0 Å². The minimum atomic E-state index is -0.366. The van der Waals surface area contributed by atoms with Gasteiger partial charge in [0.15, 0.2) is 9.60 Å². The van der Waals surface area contributed by atoms with E-state index >= 15 is 0 Å². The molecule has 0 atom stereocenters. The Bertz CT molecular complexity index is 404. The molecule has 0 aliphatic heterocycles. The standard InChI is InChI=1S/C7H3FINS.CCl2S/c8-6-3-5(9)1-2-7(6)10-4-11;2-1(3)4/h1-3H;. The lowest BCUT2D eigenvalue weighted by atomic mass is 10.3. The van der Waals surface area contributed by atoms with E-state index in [1.165, 1.54) is 6.07 Å². The van der Waals surface area contributed by atoms with E-state index in [2.05, 4.69) is 34.6 Å². The Labute approximate surface area is 121 Å². The van der Waals surface area contributed by atoms with Crippen LogP contribution in [-0.4, -0.2) is 8.94 Å². The van der Waals surface area contributed by atoms with E-state index in [0.717, 1.165) is 3.57 Å². The molecule has 7 heteroatoms. The Morgan fingerprint density at radius 3 is 2.40 bits per heavy atom. The number of thiocarbonyl (C=S) groups is 2. The summed E-state index contributed by atoms with van der Waals surface area (Å²) in [5.41, 5.74) is 0.236. The van der Waals surface area contributed by atoms with Crippen molar-refractivity contribution in [3.63, 3.8) is 0 Å². The zero-order valence-corrected chi connectivity index (χ0v) is 12.3. The zero-order chi connectivity index (χ0) is 11.8. The molecule has 0 aromatic heterocycles. The number of hydrogen-bond donors (Lipinski definition) is 0. The maximum Gasteiger partial charge on any atom is 0.169 e. The van der Waals surface area contributed by atoms with Crippen molar-refractivity contribution < 1.29 is 4.39 Å². The SMILES string of the molecule is Fc1cc(I)ccc1N=C=S.S=C(Cl)Cl. The van der Waals surface area contributed by atoms with Crippen LogP contribution >= 0.6 is 70.2 Å². The molecule has 80 valence electrons. The van der Waals surface area contributed by atoms with E-state index in [1.54, 1.807) is 12.1 Å². The highest BCUT2D eigenvalue weighted by molar-refractivity contribution is 14.1. The average molecular weight is 394 g/mol. The van der Waals surface area contributed by atoms with Crippen LogP contribution in [0.15, 0.2) is 23.2 Å². The minimum Gasteiger partial charge on any atom is -0.205 e. The largest absolute Gasteiger partial charge is 0.205 e. The molecule has 1 aromatic rings. The smallest absolute Gasteiger partial charge is 0.169 e. The Kier molecular flexibility index (Phi) is 8.69. The van der Waals surface area contributed by atoms with Gasteiger partial charge in [0, 0.05) is 3.57 Å². The van der Waals surface area contributed by atoms with Crippen LogP contribution in [0.25, 0.3) is 0 Å². The van der Waals surface area contributed by atoms with Gasteiger partial charge in [-0.25, -0.2) is 4.39 Å². The molecular formula is C8H3Cl2FINS2. The zero-order valence-electron chi connectivity index (χ0n) is 7.01. The second kappa shape index (κ2) is 8.50. The molecule has 0 bridgehead atoms. The fourth-order valence-electron chi connectivity index (χ4n) is 0.621. The van der Waals surface area contributed by atoms with Crippen molar-refractivity contribution in [2.45, 2.75) is 0 Å². The van der Waals surface area contributed by atoms with E-state index in [4.69, 9.17) is 23.2 Å².